The Morgan fingerprint density at radius 3 is 2.38 bits per heavy atom. The summed E-state index contributed by atoms with van der Waals surface area (Å²) in [7, 11) is -3.37. The molecule has 2 unspecified atom stereocenters. The number of sulfonamides is 1. The van der Waals surface area contributed by atoms with Crippen LogP contribution in [-0.4, -0.2) is 31.3 Å². The monoisotopic (exact) mass is 355 g/mol. The summed E-state index contributed by atoms with van der Waals surface area (Å²) in [6.07, 6.45) is 0.290. The van der Waals surface area contributed by atoms with E-state index in [4.69, 9.17) is 0 Å². The van der Waals surface area contributed by atoms with Gasteiger partial charge < -0.3 is 5.32 Å². The number of nitrogens with one attached hydrogen (secondary N) is 2. The largest absolute Gasteiger partial charge is 0.352 e. The molecule has 1 saturated carbocycles. The van der Waals surface area contributed by atoms with Crippen LogP contribution in [0.25, 0.3) is 0 Å². The third kappa shape index (κ3) is 5.27. The molecular weight excluding hydrogens is 334 g/mol. The Hall–Kier alpha value is -2.00. The minimum atomic E-state index is -3.37. The fourth-order valence-electron chi connectivity index (χ4n) is 2.39. The van der Waals surface area contributed by atoms with Gasteiger partial charge in [0.2, 0.25) is 22.0 Å². The third-order valence-electron chi connectivity index (χ3n) is 3.63. The highest BCUT2D eigenvalue weighted by molar-refractivity contribution is 7.88. The number of benzene rings is 1. The molecule has 2 atom stereocenters. The molecule has 0 saturated heterocycles. The van der Waals surface area contributed by atoms with Crippen LogP contribution in [0.15, 0.2) is 24.3 Å². The van der Waals surface area contributed by atoms with E-state index in [-0.39, 0.29) is 24.2 Å². The number of carbonyl (C=O) groups excluding carboxylic acids is 1. The third-order valence-corrected chi connectivity index (χ3v) is 5.17. The van der Waals surface area contributed by atoms with E-state index in [0.29, 0.717) is 12.0 Å². The van der Waals surface area contributed by atoms with Gasteiger partial charge in [-0.05, 0) is 25.0 Å². The fraction of sp³-hybridized carbons (Fsp3) is 0.533. The molecule has 132 valence electrons. The maximum Gasteiger partial charge on any atom is 0.230 e. The highest BCUT2D eigenvalue weighted by Gasteiger charge is 2.53. The Morgan fingerprint density at radius 1 is 1.29 bits per heavy atom. The fourth-order valence-corrected chi connectivity index (χ4v) is 3.82. The zero-order valence-electron chi connectivity index (χ0n) is 13.6. The van der Waals surface area contributed by atoms with Crippen LogP contribution in [0.1, 0.15) is 31.4 Å². The Kier molecular flexibility index (Phi) is 5.55. The zero-order chi connectivity index (χ0) is 17.9. The first kappa shape index (κ1) is 18.3. The standard InChI is InChI=1S/C15H21N3O5S/c1-10(2)17-24(22,23)9-12-5-3-11(4-6-12)8-16-15(19)13-7-14(13)18(20)21/h3-6,10,13-14,17H,7-9H2,1-2H3,(H,16,19). The molecule has 0 radical (unpaired) electrons. The van der Waals surface area contributed by atoms with E-state index in [0.717, 1.165) is 5.56 Å². The van der Waals surface area contributed by atoms with Crippen LogP contribution >= 0.6 is 0 Å². The maximum absolute atomic E-state index is 11.9. The molecule has 1 aliphatic carbocycles. The minimum absolute atomic E-state index is 0.107. The smallest absolute Gasteiger partial charge is 0.230 e. The van der Waals surface area contributed by atoms with Gasteiger partial charge in [0.25, 0.3) is 0 Å². The van der Waals surface area contributed by atoms with E-state index in [9.17, 15) is 23.3 Å². The van der Waals surface area contributed by atoms with E-state index >= 15 is 0 Å². The SMILES string of the molecule is CC(C)NS(=O)(=O)Cc1ccc(CNC(=O)C2CC2[N+](=O)[O-])cc1. The van der Waals surface area contributed by atoms with E-state index in [2.05, 4.69) is 10.0 Å². The Labute approximate surface area is 140 Å². The molecule has 9 heteroatoms. The number of carbonyl (C=O) groups is 1. The van der Waals surface area contributed by atoms with Crippen LogP contribution in [0.3, 0.4) is 0 Å². The van der Waals surface area contributed by atoms with Gasteiger partial charge in [-0.25, -0.2) is 13.1 Å². The number of rotatable bonds is 8. The van der Waals surface area contributed by atoms with Gasteiger partial charge in [-0.2, -0.15) is 0 Å². The highest BCUT2D eigenvalue weighted by atomic mass is 32.2. The lowest BCUT2D eigenvalue weighted by atomic mass is 10.1. The molecule has 1 fully saturated rings. The second-order valence-corrected chi connectivity index (χ2v) is 8.01. The molecule has 2 N–H and O–H groups in total. The van der Waals surface area contributed by atoms with Crippen LogP contribution in [0.2, 0.25) is 0 Å². The van der Waals surface area contributed by atoms with Gasteiger partial charge in [0, 0.05) is 23.9 Å². The first-order valence-corrected chi connectivity index (χ1v) is 9.32. The van der Waals surface area contributed by atoms with Gasteiger partial charge in [-0.3, -0.25) is 14.9 Å². The van der Waals surface area contributed by atoms with Crippen LogP contribution < -0.4 is 10.0 Å². The van der Waals surface area contributed by atoms with E-state index in [1.54, 1.807) is 38.1 Å². The lowest BCUT2D eigenvalue weighted by Gasteiger charge is -2.10. The van der Waals surface area contributed by atoms with E-state index in [1.165, 1.54) is 0 Å². The minimum Gasteiger partial charge on any atom is -0.352 e. The van der Waals surface area contributed by atoms with Crippen molar-refractivity contribution < 1.29 is 18.1 Å². The van der Waals surface area contributed by atoms with Gasteiger partial charge in [0.15, 0.2) is 0 Å². The van der Waals surface area contributed by atoms with Gasteiger partial charge in [-0.1, -0.05) is 24.3 Å². The predicted molar refractivity (Wildman–Crippen MR) is 88.1 cm³/mol. The Balaban J connectivity index is 1.84. The average Bonchev–Trinajstić information content (AvgIpc) is 3.25. The maximum atomic E-state index is 11.9. The summed E-state index contributed by atoms with van der Waals surface area (Å²) in [6, 6.07) is 5.94. The lowest BCUT2D eigenvalue weighted by Crippen LogP contribution is -2.31. The predicted octanol–water partition coefficient (Wildman–Crippen LogP) is 0.796. The lowest BCUT2D eigenvalue weighted by molar-refractivity contribution is -0.497. The first-order valence-electron chi connectivity index (χ1n) is 7.67. The number of amides is 1. The van der Waals surface area contributed by atoms with Crippen LogP contribution in [0.5, 0.6) is 0 Å². The Bertz CT molecular complexity index is 715. The van der Waals surface area contributed by atoms with Gasteiger partial charge in [-0.15, -0.1) is 0 Å². The number of hydrogen-bond acceptors (Lipinski definition) is 5. The van der Waals surface area contributed by atoms with Crippen molar-refractivity contribution in [1.82, 2.24) is 10.0 Å². The van der Waals surface area contributed by atoms with Crippen molar-refractivity contribution in [2.75, 3.05) is 0 Å². The second kappa shape index (κ2) is 7.27. The summed E-state index contributed by atoms with van der Waals surface area (Å²) in [5, 5.41) is 13.2. The molecule has 1 amide bonds. The molecule has 1 aromatic rings. The molecule has 0 aliphatic heterocycles. The summed E-state index contributed by atoms with van der Waals surface area (Å²) in [5.41, 5.74) is 1.45. The second-order valence-electron chi connectivity index (χ2n) is 6.26. The number of nitrogens with zero attached hydrogens (tertiary/aromatic N) is 1. The van der Waals surface area contributed by atoms with Crippen molar-refractivity contribution >= 4 is 15.9 Å². The van der Waals surface area contributed by atoms with E-state index < -0.39 is 26.9 Å². The summed E-state index contributed by atoms with van der Waals surface area (Å²) in [6.45, 7) is 3.77. The van der Waals surface area contributed by atoms with Crippen molar-refractivity contribution in [3.63, 3.8) is 0 Å². The molecule has 1 aromatic carbocycles. The first-order chi connectivity index (χ1) is 11.2. The van der Waals surface area contributed by atoms with Gasteiger partial charge in [0.05, 0.1) is 5.75 Å². The molecule has 0 aromatic heterocycles. The summed E-state index contributed by atoms with van der Waals surface area (Å²) >= 11 is 0. The van der Waals surface area contributed by atoms with Crippen LogP contribution in [0.4, 0.5) is 0 Å². The molecule has 0 heterocycles. The van der Waals surface area contributed by atoms with Crippen molar-refractivity contribution in [2.24, 2.45) is 5.92 Å². The highest BCUT2D eigenvalue weighted by Crippen LogP contribution is 2.33. The van der Waals surface area contributed by atoms with Gasteiger partial charge in [0.1, 0.15) is 5.92 Å². The summed E-state index contributed by atoms with van der Waals surface area (Å²) in [4.78, 5) is 21.9. The zero-order valence-corrected chi connectivity index (χ0v) is 14.4. The molecule has 8 nitrogen and oxygen atoms in total. The quantitative estimate of drug-likeness (QED) is 0.528. The van der Waals surface area contributed by atoms with Crippen molar-refractivity contribution in [3.8, 4) is 0 Å². The van der Waals surface area contributed by atoms with Crippen LogP contribution in [-0.2, 0) is 27.1 Å². The number of nitro groups is 1. The number of hydrogen-bond donors (Lipinski definition) is 2. The molecule has 2 rings (SSSR count). The average molecular weight is 355 g/mol. The molecule has 0 bridgehead atoms. The molecular formula is C15H21N3O5S. The Morgan fingerprint density at radius 2 is 1.88 bits per heavy atom. The summed E-state index contributed by atoms with van der Waals surface area (Å²) < 4.78 is 26.2. The summed E-state index contributed by atoms with van der Waals surface area (Å²) in [5.74, 6) is -0.958. The molecule has 1 aliphatic rings. The topological polar surface area (TPSA) is 118 Å². The van der Waals surface area contributed by atoms with Crippen molar-refractivity contribution in [3.05, 3.63) is 45.5 Å². The normalized spacial score (nSPS) is 20.0. The van der Waals surface area contributed by atoms with Gasteiger partial charge >= 0.3 is 0 Å². The molecule has 0 spiro atoms. The van der Waals surface area contributed by atoms with Crippen LogP contribution in [0, 0.1) is 16.0 Å². The van der Waals surface area contributed by atoms with Crippen molar-refractivity contribution in [1.29, 1.82) is 0 Å². The van der Waals surface area contributed by atoms with Crippen molar-refractivity contribution in [2.45, 2.75) is 44.6 Å². The molecule has 24 heavy (non-hydrogen) atoms. The van der Waals surface area contributed by atoms with E-state index in [1.807, 2.05) is 0 Å².